The number of benzene rings is 3. The quantitative estimate of drug-likeness (QED) is 0.380. The molecule has 0 radical (unpaired) electrons. The molecule has 0 amide bonds. The topological polar surface area (TPSA) is 64.3 Å². The molecule has 0 atom stereocenters. The Balaban J connectivity index is 1.58. The summed E-state index contributed by atoms with van der Waals surface area (Å²) >= 11 is 6.19. The van der Waals surface area contributed by atoms with Crippen molar-refractivity contribution in [1.29, 1.82) is 0 Å². The number of hydrogen-bond donors (Lipinski definition) is 1. The number of nitrogens with one attached hydrogen (secondary N) is 1. The van der Waals surface area contributed by atoms with Crippen LogP contribution in [0.5, 0.6) is 5.75 Å². The van der Waals surface area contributed by atoms with E-state index in [1.165, 1.54) is 0 Å². The molecule has 6 nitrogen and oxygen atoms in total. The summed E-state index contributed by atoms with van der Waals surface area (Å²) < 4.78 is 7.39. The molecule has 31 heavy (non-hydrogen) atoms. The van der Waals surface area contributed by atoms with E-state index in [1.54, 1.807) is 4.52 Å². The van der Waals surface area contributed by atoms with Crippen LogP contribution in [0.2, 0.25) is 5.02 Å². The molecule has 0 fully saturated rings. The summed E-state index contributed by atoms with van der Waals surface area (Å²) in [6.07, 6.45) is 0. The van der Waals surface area contributed by atoms with E-state index in [4.69, 9.17) is 21.3 Å². The highest BCUT2D eigenvalue weighted by atomic mass is 35.5. The molecule has 3 aromatic carbocycles. The number of aromatic nitrogens is 4. The third-order valence-electron chi connectivity index (χ3n) is 5.02. The van der Waals surface area contributed by atoms with Gasteiger partial charge >= 0.3 is 0 Å². The van der Waals surface area contributed by atoms with Crippen molar-refractivity contribution in [2.45, 2.75) is 13.5 Å². The number of fused-ring (bicyclic) bond motifs is 3. The van der Waals surface area contributed by atoms with Gasteiger partial charge in [-0.1, -0.05) is 53.2 Å². The molecule has 0 saturated carbocycles. The maximum Gasteiger partial charge on any atom is 0.186 e. The third-order valence-corrected chi connectivity index (χ3v) is 5.25. The molecule has 1 N–H and O–H groups in total. The van der Waals surface area contributed by atoms with Crippen molar-refractivity contribution in [3.05, 3.63) is 83.4 Å². The van der Waals surface area contributed by atoms with Crippen LogP contribution in [0.1, 0.15) is 12.5 Å². The van der Waals surface area contributed by atoms with Crippen LogP contribution in [-0.4, -0.2) is 26.4 Å². The van der Waals surface area contributed by atoms with E-state index in [2.05, 4.69) is 21.7 Å². The molecular formula is C24H20ClN5O. The van der Waals surface area contributed by atoms with Gasteiger partial charge in [-0.3, -0.25) is 0 Å². The van der Waals surface area contributed by atoms with Gasteiger partial charge in [0.25, 0.3) is 0 Å². The summed E-state index contributed by atoms with van der Waals surface area (Å²) in [6.45, 7) is 3.23. The summed E-state index contributed by atoms with van der Waals surface area (Å²) in [5.74, 6) is 1.63. The molecule has 0 aliphatic heterocycles. The van der Waals surface area contributed by atoms with Gasteiger partial charge in [0, 0.05) is 22.5 Å². The average molecular weight is 430 g/mol. The van der Waals surface area contributed by atoms with Gasteiger partial charge < -0.3 is 10.1 Å². The fraction of sp³-hybridized carbons (Fsp3) is 0.125. The van der Waals surface area contributed by atoms with E-state index >= 15 is 0 Å². The lowest BCUT2D eigenvalue weighted by Crippen LogP contribution is -2.05. The average Bonchev–Trinajstić information content (AvgIpc) is 3.22. The first kappa shape index (κ1) is 19.3. The molecule has 0 spiro atoms. The van der Waals surface area contributed by atoms with Crippen molar-refractivity contribution >= 4 is 34.0 Å². The Labute approximate surface area is 184 Å². The van der Waals surface area contributed by atoms with Gasteiger partial charge in [0.05, 0.1) is 12.1 Å². The molecule has 5 aromatic rings. The molecule has 154 valence electrons. The number of hydrogen-bond acceptors (Lipinski definition) is 5. The van der Waals surface area contributed by atoms with E-state index in [0.717, 1.165) is 33.6 Å². The Hall–Kier alpha value is -3.64. The predicted octanol–water partition coefficient (Wildman–Crippen LogP) is 5.61. The molecule has 7 heteroatoms. The normalized spacial score (nSPS) is 11.2. The van der Waals surface area contributed by atoms with E-state index in [0.29, 0.717) is 29.5 Å². The monoisotopic (exact) mass is 429 g/mol. The first-order chi connectivity index (χ1) is 15.2. The van der Waals surface area contributed by atoms with Crippen LogP contribution in [0.15, 0.2) is 72.8 Å². The van der Waals surface area contributed by atoms with Crippen LogP contribution in [0.25, 0.3) is 27.8 Å². The highest BCUT2D eigenvalue weighted by molar-refractivity contribution is 6.30. The van der Waals surface area contributed by atoms with Crippen LogP contribution < -0.4 is 10.1 Å². The molecule has 5 rings (SSSR count). The summed E-state index contributed by atoms with van der Waals surface area (Å²) in [4.78, 5) is 4.90. The standard InChI is InChI=1S/C24H20ClN5O/c1-2-31-19-10-5-7-16(13-19)15-26-23-20-11-3-4-12-21(20)30-24(27-23)22(28-29-30)17-8-6-9-18(25)14-17/h3-14H,2,15H2,1H3,(H,26,27). The fourth-order valence-corrected chi connectivity index (χ4v) is 3.81. The molecule has 0 aliphatic rings. The zero-order valence-electron chi connectivity index (χ0n) is 16.9. The highest BCUT2D eigenvalue weighted by Crippen LogP contribution is 2.29. The van der Waals surface area contributed by atoms with Crippen LogP contribution in [0.4, 0.5) is 5.82 Å². The lowest BCUT2D eigenvalue weighted by Gasteiger charge is -2.11. The van der Waals surface area contributed by atoms with Gasteiger partial charge in [-0.05, 0) is 48.9 Å². The maximum atomic E-state index is 6.19. The molecule has 2 heterocycles. The van der Waals surface area contributed by atoms with Crippen molar-refractivity contribution in [2.24, 2.45) is 0 Å². The second kappa shape index (κ2) is 8.24. The minimum atomic E-state index is 0.613. The number of anilines is 1. The number of ether oxygens (including phenoxy) is 1. The summed E-state index contributed by atoms with van der Waals surface area (Å²) in [5, 5.41) is 13.9. The van der Waals surface area contributed by atoms with Gasteiger partial charge in [0.2, 0.25) is 0 Å². The molecule has 0 aliphatic carbocycles. The molecular weight excluding hydrogens is 410 g/mol. The number of rotatable bonds is 6. The first-order valence-corrected chi connectivity index (χ1v) is 10.5. The zero-order valence-corrected chi connectivity index (χ0v) is 17.7. The van der Waals surface area contributed by atoms with Gasteiger partial charge in [0.15, 0.2) is 5.65 Å². The van der Waals surface area contributed by atoms with Crippen LogP contribution >= 0.6 is 11.6 Å². The Bertz CT molecular complexity index is 1380. The number of nitrogens with zero attached hydrogens (tertiary/aromatic N) is 4. The van der Waals surface area contributed by atoms with Crippen LogP contribution in [0.3, 0.4) is 0 Å². The van der Waals surface area contributed by atoms with E-state index in [1.807, 2.05) is 73.7 Å². The predicted molar refractivity (Wildman–Crippen MR) is 124 cm³/mol. The lowest BCUT2D eigenvalue weighted by atomic mass is 10.1. The van der Waals surface area contributed by atoms with E-state index in [9.17, 15) is 0 Å². The van der Waals surface area contributed by atoms with Crippen molar-refractivity contribution in [3.8, 4) is 17.0 Å². The number of halogens is 1. The molecule has 0 bridgehead atoms. The van der Waals surface area contributed by atoms with Gasteiger partial charge in [-0.25, -0.2) is 4.98 Å². The Morgan fingerprint density at radius 2 is 1.87 bits per heavy atom. The summed E-state index contributed by atoms with van der Waals surface area (Å²) in [5.41, 5.74) is 4.28. The van der Waals surface area contributed by atoms with Crippen molar-refractivity contribution < 1.29 is 4.74 Å². The lowest BCUT2D eigenvalue weighted by molar-refractivity contribution is 0.340. The molecule has 2 aromatic heterocycles. The van der Waals surface area contributed by atoms with Gasteiger partial charge in [0.1, 0.15) is 17.3 Å². The maximum absolute atomic E-state index is 6.19. The third kappa shape index (κ3) is 3.78. The molecule has 0 saturated heterocycles. The minimum absolute atomic E-state index is 0.613. The minimum Gasteiger partial charge on any atom is -0.494 e. The second-order valence-corrected chi connectivity index (χ2v) is 7.53. The molecule has 0 unspecified atom stereocenters. The van der Waals surface area contributed by atoms with E-state index in [-0.39, 0.29) is 0 Å². The summed E-state index contributed by atoms with van der Waals surface area (Å²) in [7, 11) is 0. The largest absolute Gasteiger partial charge is 0.494 e. The Morgan fingerprint density at radius 3 is 2.74 bits per heavy atom. The highest BCUT2D eigenvalue weighted by Gasteiger charge is 2.16. The van der Waals surface area contributed by atoms with Crippen molar-refractivity contribution in [1.82, 2.24) is 19.8 Å². The Kier molecular flexibility index (Phi) is 5.14. The SMILES string of the molecule is CCOc1cccc(CNc2nc3c(-c4cccc(Cl)c4)nnn3c3ccccc23)c1. The van der Waals surface area contributed by atoms with Crippen LogP contribution in [-0.2, 0) is 6.54 Å². The Morgan fingerprint density at radius 1 is 1.00 bits per heavy atom. The fourth-order valence-electron chi connectivity index (χ4n) is 3.62. The van der Waals surface area contributed by atoms with Gasteiger partial charge in [-0.15, -0.1) is 5.10 Å². The van der Waals surface area contributed by atoms with Crippen molar-refractivity contribution in [2.75, 3.05) is 11.9 Å². The van der Waals surface area contributed by atoms with Crippen LogP contribution in [0, 0.1) is 0 Å². The zero-order chi connectivity index (χ0) is 21.2. The van der Waals surface area contributed by atoms with E-state index < -0.39 is 0 Å². The van der Waals surface area contributed by atoms with Crippen molar-refractivity contribution in [3.63, 3.8) is 0 Å². The van der Waals surface area contributed by atoms with Gasteiger partial charge in [-0.2, -0.15) is 4.52 Å². The number of para-hydroxylation sites is 1. The first-order valence-electron chi connectivity index (χ1n) is 10.1. The smallest absolute Gasteiger partial charge is 0.186 e. The summed E-state index contributed by atoms with van der Waals surface area (Å²) in [6, 6.07) is 23.6. The second-order valence-electron chi connectivity index (χ2n) is 7.10.